The summed E-state index contributed by atoms with van der Waals surface area (Å²) in [5.74, 6) is 0.858. The Morgan fingerprint density at radius 3 is 2.82 bits per heavy atom. The van der Waals surface area contributed by atoms with Gasteiger partial charge in [-0.2, -0.15) is 0 Å². The summed E-state index contributed by atoms with van der Waals surface area (Å²) in [6, 6.07) is 7.90. The Morgan fingerprint density at radius 1 is 1.35 bits per heavy atom. The Labute approximate surface area is 111 Å². The topological polar surface area (TPSA) is 48.1 Å². The number of methoxy groups -OCH3 is 1. The van der Waals surface area contributed by atoms with E-state index in [9.17, 15) is 0 Å². The van der Waals surface area contributed by atoms with Crippen LogP contribution in [0.5, 0.6) is 5.75 Å². The van der Waals surface area contributed by atoms with Crippen LogP contribution in [0.15, 0.2) is 29.6 Å². The molecule has 3 nitrogen and oxygen atoms in total. The number of hydrogen-bond donors (Lipinski definition) is 1. The second-order valence-corrected chi connectivity index (χ2v) is 4.24. The number of nitrogens with zero attached hydrogens (tertiary/aromatic N) is 1. The van der Waals surface area contributed by atoms with E-state index >= 15 is 0 Å². The summed E-state index contributed by atoms with van der Waals surface area (Å²) in [4.78, 5) is 4.54. The minimum atomic E-state index is 0. The highest BCUT2D eigenvalue weighted by atomic mass is 35.5. The molecule has 1 heterocycles. The third kappa shape index (κ3) is 3.19. The molecule has 1 aromatic heterocycles. The van der Waals surface area contributed by atoms with Gasteiger partial charge in [-0.1, -0.05) is 12.1 Å². The third-order valence-electron chi connectivity index (χ3n) is 2.29. The number of halogens is 1. The summed E-state index contributed by atoms with van der Waals surface area (Å²) in [5.41, 5.74) is 7.59. The Morgan fingerprint density at radius 2 is 2.12 bits per heavy atom. The summed E-state index contributed by atoms with van der Waals surface area (Å²) < 4.78 is 5.31. The molecule has 0 aliphatic heterocycles. The molecule has 0 aliphatic rings. The maximum Gasteiger partial charge on any atom is 0.129 e. The van der Waals surface area contributed by atoms with Crippen LogP contribution in [0.1, 0.15) is 5.69 Å². The number of ether oxygens (including phenoxy) is 1. The van der Waals surface area contributed by atoms with Gasteiger partial charge in [-0.3, -0.25) is 0 Å². The maximum absolute atomic E-state index is 5.50. The molecule has 2 rings (SSSR count). The van der Waals surface area contributed by atoms with E-state index in [1.165, 1.54) is 0 Å². The SMILES string of the molecule is COc1ccccc1-c1nc(CCN)cs1.Cl. The molecule has 5 heteroatoms. The lowest BCUT2D eigenvalue weighted by Gasteiger charge is -2.04. The Balaban J connectivity index is 0.00000144. The van der Waals surface area contributed by atoms with Crippen molar-refractivity contribution >= 4 is 23.7 Å². The highest BCUT2D eigenvalue weighted by molar-refractivity contribution is 7.13. The normalized spacial score (nSPS) is 9.76. The van der Waals surface area contributed by atoms with E-state index in [1.54, 1.807) is 18.4 Å². The van der Waals surface area contributed by atoms with E-state index in [0.717, 1.165) is 28.4 Å². The highest BCUT2D eigenvalue weighted by Gasteiger charge is 2.08. The first kappa shape index (κ1) is 14.0. The predicted octanol–water partition coefficient (Wildman–Crippen LogP) is 2.74. The number of para-hydroxylation sites is 1. The molecule has 0 saturated carbocycles. The molecule has 0 atom stereocenters. The van der Waals surface area contributed by atoms with Gasteiger partial charge in [-0.15, -0.1) is 23.7 Å². The van der Waals surface area contributed by atoms with Gasteiger partial charge in [0.05, 0.1) is 18.4 Å². The highest BCUT2D eigenvalue weighted by Crippen LogP contribution is 2.31. The zero-order chi connectivity index (χ0) is 11.4. The van der Waals surface area contributed by atoms with Crippen LogP contribution >= 0.6 is 23.7 Å². The van der Waals surface area contributed by atoms with Crippen molar-refractivity contribution < 1.29 is 4.74 Å². The Hall–Kier alpha value is -1.10. The molecule has 17 heavy (non-hydrogen) atoms. The fourth-order valence-corrected chi connectivity index (χ4v) is 2.40. The molecule has 0 amide bonds. The van der Waals surface area contributed by atoms with Gasteiger partial charge in [-0.25, -0.2) is 4.98 Å². The van der Waals surface area contributed by atoms with Crippen LogP contribution in [0.4, 0.5) is 0 Å². The fraction of sp³-hybridized carbons (Fsp3) is 0.250. The van der Waals surface area contributed by atoms with Gasteiger partial charge in [0, 0.05) is 11.8 Å². The van der Waals surface area contributed by atoms with Gasteiger partial charge in [0.2, 0.25) is 0 Å². The summed E-state index contributed by atoms with van der Waals surface area (Å²) in [5, 5.41) is 3.04. The Bertz CT molecular complexity index is 473. The molecule has 2 N–H and O–H groups in total. The second kappa shape index (κ2) is 6.59. The molecular formula is C12H15ClN2OS. The van der Waals surface area contributed by atoms with E-state index in [2.05, 4.69) is 10.4 Å². The van der Waals surface area contributed by atoms with Crippen LogP contribution in [0, 0.1) is 0 Å². The van der Waals surface area contributed by atoms with Crippen LogP contribution in [0.3, 0.4) is 0 Å². The fourth-order valence-electron chi connectivity index (χ4n) is 1.51. The van der Waals surface area contributed by atoms with Gasteiger partial charge in [0.1, 0.15) is 10.8 Å². The number of benzene rings is 1. The molecular weight excluding hydrogens is 256 g/mol. The molecule has 0 spiro atoms. The number of aromatic nitrogens is 1. The average molecular weight is 271 g/mol. The van der Waals surface area contributed by atoms with Crippen molar-refractivity contribution in [1.29, 1.82) is 0 Å². The van der Waals surface area contributed by atoms with Gasteiger partial charge < -0.3 is 10.5 Å². The van der Waals surface area contributed by atoms with E-state index in [1.807, 2.05) is 24.3 Å². The number of thiazole rings is 1. The first-order valence-electron chi connectivity index (χ1n) is 5.13. The lowest BCUT2D eigenvalue weighted by Crippen LogP contribution is -2.02. The lowest BCUT2D eigenvalue weighted by molar-refractivity contribution is 0.416. The molecule has 2 aromatic rings. The average Bonchev–Trinajstić information content (AvgIpc) is 2.78. The van der Waals surface area contributed by atoms with E-state index < -0.39 is 0 Å². The van der Waals surface area contributed by atoms with E-state index in [-0.39, 0.29) is 12.4 Å². The molecule has 0 radical (unpaired) electrons. The number of nitrogens with two attached hydrogens (primary N) is 1. The Kier molecular flexibility index (Phi) is 5.41. The lowest BCUT2D eigenvalue weighted by atomic mass is 10.2. The number of rotatable bonds is 4. The summed E-state index contributed by atoms with van der Waals surface area (Å²) in [6.07, 6.45) is 0.825. The molecule has 0 bridgehead atoms. The summed E-state index contributed by atoms with van der Waals surface area (Å²) in [6.45, 7) is 0.634. The van der Waals surface area contributed by atoms with Crippen molar-refractivity contribution in [2.24, 2.45) is 5.73 Å². The second-order valence-electron chi connectivity index (χ2n) is 3.38. The van der Waals surface area contributed by atoms with Crippen molar-refractivity contribution in [2.45, 2.75) is 6.42 Å². The van der Waals surface area contributed by atoms with Crippen LogP contribution in [-0.4, -0.2) is 18.6 Å². The molecule has 1 aromatic carbocycles. The zero-order valence-corrected chi connectivity index (χ0v) is 11.2. The van der Waals surface area contributed by atoms with Crippen molar-refractivity contribution in [1.82, 2.24) is 4.98 Å². The van der Waals surface area contributed by atoms with E-state index in [0.29, 0.717) is 6.54 Å². The van der Waals surface area contributed by atoms with Crippen LogP contribution in [-0.2, 0) is 6.42 Å². The predicted molar refractivity (Wildman–Crippen MR) is 74.1 cm³/mol. The molecule has 0 aliphatic carbocycles. The van der Waals surface area contributed by atoms with Crippen molar-refractivity contribution in [3.05, 3.63) is 35.3 Å². The van der Waals surface area contributed by atoms with Crippen molar-refractivity contribution in [3.8, 4) is 16.3 Å². The maximum atomic E-state index is 5.50. The molecule has 0 saturated heterocycles. The molecule has 92 valence electrons. The monoisotopic (exact) mass is 270 g/mol. The van der Waals surface area contributed by atoms with Crippen LogP contribution in [0.25, 0.3) is 10.6 Å². The minimum Gasteiger partial charge on any atom is -0.496 e. The molecule has 0 unspecified atom stereocenters. The quantitative estimate of drug-likeness (QED) is 0.929. The van der Waals surface area contributed by atoms with Crippen LogP contribution < -0.4 is 10.5 Å². The van der Waals surface area contributed by atoms with Crippen LogP contribution in [0.2, 0.25) is 0 Å². The van der Waals surface area contributed by atoms with Gasteiger partial charge in [-0.05, 0) is 18.7 Å². The van der Waals surface area contributed by atoms with E-state index in [4.69, 9.17) is 10.5 Å². The number of hydrogen-bond acceptors (Lipinski definition) is 4. The first-order chi connectivity index (χ1) is 7.85. The summed E-state index contributed by atoms with van der Waals surface area (Å²) >= 11 is 1.63. The third-order valence-corrected chi connectivity index (χ3v) is 3.21. The van der Waals surface area contributed by atoms with Gasteiger partial charge in [0.25, 0.3) is 0 Å². The van der Waals surface area contributed by atoms with Crippen molar-refractivity contribution in [2.75, 3.05) is 13.7 Å². The largest absolute Gasteiger partial charge is 0.496 e. The minimum absolute atomic E-state index is 0. The standard InChI is InChI=1S/C12H14N2OS.ClH/c1-15-11-5-3-2-4-10(11)12-14-9(6-7-13)8-16-12;/h2-5,8H,6-7,13H2,1H3;1H. The van der Waals surface area contributed by atoms with Crippen molar-refractivity contribution in [3.63, 3.8) is 0 Å². The van der Waals surface area contributed by atoms with Gasteiger partial charge >= 0.3 is 0 Å². The first-order valence-corrected chi connectivity index (χ1v) is 6.01. The summed E-state index contributed by atoms with van der Waals surface area (Å²) in [7, 11) is 1.67. The zero-order valence-electron chi connectivity index (χ0n) is 9.55. The van der Waals surface area contributed by atoms with Gasteiger partial charge in [0.15, 0.2) is 0 Å². The smallest absolute Gasteiger partial charge is 0.129 e. The molecule has 0 fully saturated rings.